The first-order valence-electron chi connectivity index (χ1n) is 19.3. The number of fused-ring (bicyclic) bond motifs is 5. The molecule has 0 N–H and O–H groups in total. The molecule has 1 aromatic heterocycles. The highest BCUT2D eigenvalue weighted by molar-refractivity contribution is 5.97. The Hall–Kier alpha value is -6.19. The second-order valence-electron chi connectivity index (χ2n) is 15.4. The van der Waals surface area contributed by atoms with E-state index in [4.69, 9.17) is 9.40 Å². The van der Waals surface area contributed by atoms with Gasteiger partial charge in [0.2, 0.25) is 5.89 Å². The van der Waals surface area contributed by atoms with E-state index in [1.165, 1.54) is 74.9 Å². The van der Waals surface area contributed by atoms with Crippen molar-refractivity contribution in [2.24, 2.45) is 0 Å². The molecular formula is C51H42N2O. The highest BCUT2D eigenvalue weighted by Crippen LogP contribution is 2.55. The normalized spacial score (nSPS) is 14.3. The summed E-state index contributed by atoms with van der Waals surface area (Å²) >= 11 is 0. The van der Waals surface area contributed by atoms with Crippen molar-refractivity contribution in [1.82, 2.24) is 4.98 Å². The lowest BCUT2D eigenvalue weighted by Gasteiger charge is -2.30. The zero-order valence-electron chi connectivity index (χ0n) is 30.8. The van der Waals surface area contributed by atoms with Crippen LogP contribution in [0.15, 0.2) is 162 Å². The van der Waals surface area contributed by atoms with Crippen LogP contribution in [0.2, 0.25) is 0 Å². The molecule has 1 heterocycles. The predicted molar refractivity (Wildman–Crippen MR) is 224 cm³/mol. The van der Waals surface area contributed by atoms with Gasteiger partial charge in [0.05, 0.1) is 0 Å². The second kappa shape index (κ2) is 13.0. The maximum Gasteiger partial charge on any atom is 0.227 e. The fraction of sp³-hybridized carbons (Fsp3) is 0.157. The molecule has 0 spiro atoms. The molecule has 0 bridgehead atoms. The summed E-state index contributed by atoms with van der Waals surface area (Å²) in [6, 6.07) is 57.2. The molecule has 3 nitrogen and oxygen atoms in total. The summed E-state index contributed by atoms with van der Waals surface area (Å²) in [6.45, 7) is 4.78. The Morgan fingerprint density at radius 2 is 1.24 bits per heavy atom. The van der Waals surface area contributed by atoms with Gasteiger partial charge in [-0.05, 0) is 136 Å². The zero-order chi connectivity index (χ0) is 36.2. The van der Waals surface area contributed by atoms with Gasteiger partial charge < -0.3 is 9.32 Å². The van der Waals surface area contributed by atoms with Gasteiger partial charge in [-0.1, -0.05) is 123 Å². The minimum Gasteiger partial charge on any atom is -0.436 e. The number of rotatable bonds is 6. The van der Waals surface area contributed by atoms with Crippen molar-refractivity contribution in [2.45, 2.75) is 51.4 Å². The molecular weight excluding hydrogens is 657 g/mol. The summed E-state index contributed by atoms with van der Waals surface area (Å²) in [5, 5.41) is 0. The van der Waals surface area contributed by atoms with Crippen molar-refractivity contribution in [3.63, 3.8) is 0 Å². The second-order valence-corrected chi connectivity index (χ2v) is 15.4. The fourth-order valence-corrected chi connectivity index (χ4v) is 9.01. The molecule has 10 rings (SSSR count). The van der Waals surface area contributed by atoms with E-state index >= 15 is 0 Å². The van der Waals surface area contributed by atoms with E-state index in [1.807, 2.05) is 24.3 Å². The number of oxazole rings is 1. The lowest BCUT2D eigenvalue weighted by atomic mass is 9.81. The zero-order valence-corrected chi connectivity index (χ0v) is 30.8. The van der Waals surface area contributed by atoms with E-state index in [2.05, 4.69) is 152 Å². The molecule has 0 saturated carbocycles. The third-order valence-corrected chi connectivity index (χ3v) is 11.7. The summed E-state index contributed by atoms with van der Waals surface area (Å²) in [5.41, 5.74) is 19.3. The molecule has 262 valence electrons. The molecule has 0 unspecified atom stereocenters. The number of hydrogen-bond acceptors (Lipinski definition) is 3. The third-order valence-electron chi connectivity index (χ3n) is 11.7. The van der Waals surface area contributed by atoms with Crippen LogP contribution >= 0.6 is 0 Å². The Bertz CT molecular complexity index is 2630. The predicted octanol–water partition coefficient (Wildman–Crippen LogP) is 13.9. The van der Waals surface area contributed by atoms with E-state index in [-0.39, 0.29) is 5.41 Å². The largest absolute Gasteiger partial charge is 0.436 e. The summed E-state index contributed by atoms with van der Waals surface area (Å²) in [4.78, 5) is 7.30. The third kappa shape index (κ3) is 5.46. The molecule has 0 radical (unpaired) electrons. The summed E-state index contributed by atoms with van der Waals surface area (Å²) in [7, 11) is 0. The molecule has 0 aliphatic heterocycles. The van der Waals surface area contributed by atoms with Crippen LogP contribution in [-0.4, -0.2) is 4.98 Å². The Morgan fingerprint density at radius 3 is 2.11 bits per heavy atom. The lowest BCUT2D eigenvalue weighted by Crippen LogP contribution is -2.17. The minimum atomic E-state index is -0.175. The Morgan fingerprint density at radius 1 is 0.519 bits per heavy atom. The topological polar surface area (TPSA) is 29.3 Å². The molecule has 2 aliphatic rings. The molecule has 54 heavy (non-hydrogen) atoms. The number of para-hydroxylation sites is 2. The minimum absolute atomic E-state index is 0.175. The number of anilines is 3. The van der Waals surface area contributed by atoms with Crippen LogP contribution in [-0.2, 0) is 18.3 Å². The van der Waals surface area contributed by atoms with Crippen LogP contribution in [0, 0.1) is 0 Å². The van der Waals surface area contributed by atoms with E-state index in [0.717, 1.165) is 46.6 Å². The quantitative estimate of drug-likeness (QED) is 0.162. The molecule has 8 aromatic rings. The first-order valence-corrected chi connectivity index (χ1v) is 19.3. The monoisotopic (exact) mass is 698 g/mol. The van der Waals surface area contributed by atoms with Crippen LogP contribution in [0.4, 0.5) is 17.1 Å². The van der Waals surface area contributed by atoms with Gasteiger partial charge in [0.25, 0.3) is 0 Å². The first kappa shape index (κ1) is 32.5. The van der Waals surface area contributed by atoms with Crippen molar-refractivity contribution in [3.05, 3.63) is 180 Å². The molecule has 0 saturated heterocycles. The van der Waals surface area contributed by atoms with Crippen molar-refractivity contribution in [1.29, 1.82) is 0 Å². The van der Waals surface area contributed by atoms with Crippen molar-refractivity contribution in [3.8, 4) is 44.8 Å². The Kier molecular flexibility index (Phi) is 7.84. The van der Waals surface area contributed by atoms with E-state index in [1.54, 1.807) is 0 Å². The van der Waals surface area contributed by atoms with Gasteiger partial charge in [-0.3, -0.25) is 0 Å². The van der Waals surface area contributed by atoms with Crippen LogP contribution in [0.3, 0.4) is 0 Å². The van der Waals surface area contributed by atoms with Crippen LogP contribution in [0.25, 0.3) is 55.9 Å². The van der Waals surface area contributed by atoms with Gasteiger partial charge in [-0.25, -0.2) is 4.98 Å². The average Bonchev–Trinajstić information content (AvgIpc) is 3.64. The standard InChI is InChI=1S/C51H42N2O/c1-51(2)45-24-10-9-22-43(45)49-44(42-23-14-18-36-17-7-4-8-21-41(36)42)32-40(33-46(49)51)53(38-29-27-35(28-30-38)34-15-5-3-6-16-34)39-20-13-19-37(31-39)50-52-47-25-11-12-26-48(47)54-50/h3,5-6,9-16,18-20,22-33H,4,7-8,17,21H2,1-2H3. The molecule has 2 aliphatic carbocycles. The summed E-state index contributed by atoms with van der Waals surface area (Å²) in [5.74, 6) is 0.621. The maximum absolute atomic E-state index is 6.30. The lowest BCUT2D eigenvalue weighted by molar-refractivity contribution is 0.620. The number of nitrogens with zero attached hydrogens (tertiary/aromatic N) is 2. The smallest absolute Gasteiger partial charge is 0.227 e. The van der Waals surface area contributed by atoms with Gasteiger partial charge in [-0.2, -0.15) is 0 Å². The highest BCUT2D eigenvalue weighted by atomic mass is 16.3. The molecule has 7 aromatic carbocycles. The van der Waals surface area contributed by atoms with Gasteiger partial charge in [0.1, 0.15) is 5.52 Å². The summed E-state index contributed by atoms with van der Waals surface area (Å²) < 4.78 is 6.30. The van der Waals surface area contributed by atoms with Crippen LogP contribution < -0.4 is 4.90 Å². The van der Waals surface area contributed by atoms with Gasteiger partial charge >= 0.3 is 0 Å². The average molecular weight is 699 g/mol. The number of benzene rings is 7. The maximum atomic E-state index is 6.30. The van der Waals surface area contributed by atoms with E-state index in [9.17, 15) is 0 Å². The van der Waals surface area contributed by atoms with Gasteiger partial charge in [0, 0.05) is 28.0 Å². The van der Waals surface area contributed by atoms with Crippen LogP contribution in [0.1, 0.15) is 55.4 Å². The highest BCUT2D eigenvalue weighted by Gasteiger charge is 2.38. The van der Waals surface area contributed by atoms with E-state index < -0.39 is 0 Å². The molecule has 0 amide bonds. The van der Waals surface area contributed by atoms with Gasteiger partial charge in [0.15, 0.2) is 5.58 Å². The molecule has 0 atom stereocenters. The van der Waals surface area contributed by atoms with Crippen molar-refractivity contribution >= 4 is 28.2 Å². The van der Waals surface area contributed by atoms with Crippen molar-refractivity contribution in [2.75, 3.05) is 4.90 Å². The Labute approximate surface area is 317 Å². The first-order chi connectivity index (χ1) is 26.5. The van der Waals surface area contributed by atoms with Crippen LogP contribution in [0.5, 0.6) is 0 Å². The fourth-order valence-electron chi connectivity index (χ4n) is 9.01. The number of aromatic nitrogens is 1. The Balaban J connectivity index is 1.21. The molecule has 0 fully saturated rings. The number of aryl methyl sites for hydroxylation is 1. The SMILES string of the molecule is CC1(C)c2ccccc2-c2c(-c3cccc4c3CCCCC4)cc(N(c3ccc(-c4ccccc4)cc3)c3cccc(-c4nc5ccccc5o4)c3)cc21. The summed E-state index contributed by atoms with van der Waals surface area (Å²) in [6.07, 6.45) is 6.04. The van der Waals surface area contributed by atoms with E-state index in [0.29, 0.717) is 5.89 Å². The number of hydrogen-bond donors (Lipinski definition) is 0. The van der Waals surface area contributed by atoms with Gasteiger partial charge in [-0.15, -0.1) is 0 Å². The van der Waals surface area contributed by atoms with Crippen molar-refractivity contribution < 1.29 is 4.42 Å². The molecule has 3 heteroatoms.